The van der Waals surface area contributed by atoms with E-state index in [1.54, 1.807) is 7.05 Å². The van der Waals surface area contributed by atoms with Crippen molar-refractivity contribution in [3.63, 3.8) is 0 Å². The zero-order valence-electron chi connectivity index (χ0n) is 18.1. The summed E-state index contributed by atoms with van der Waals surface area (Å²) in [6.45, 7) is 12.4. The molecule has 0 radical (unpaired) electrons. The third-order valence-electron chi connectivity index (χ3n) is 5.91. The van der Waals surface area contributed by atoms with E-state index in [-0.39, 0.29) is 23.8 Å². The first-order chi connectivity index (χ1) is 13.6. The lowest BCUT2D eigenvalue weighted by Gasteiger charge is -2.11. The predicted molar refractivity (Wildman–Crippen MR) is 115 cm³/mol. The summed E-state index contributed by atoms with van der Waals surface area (Å²) < 4.78 is 6.80. The second-order valence-electron chi connectivity index (χ2n) is 8.22. The van der Waals surface area contributed by atoms with Crippen LogP contribution in [0.25, 0.3) is 16.9 Å². The molecule has 152 valence electrons. The summed E-state index contributed by atoms with van der Waals surface area (Å²) in [4.78, 5) is 31.2. The van der Waals surface area contributed by atoms with Gasteiger partial charge in [-0.15, -0.1) is 0 Å². The highest BCUT2D eigenvalue weighted by atomic mass is 16.2. The van der Waals surface area contributed by atoms with Crippen molar-refractivity contribution in [1.82, 2.24) is 23.1 Å². The number of hydrogen-bond acceptors (Lipinski definition) is 3. The Kier molecular flexibility index (Phi) is 4.29. The molecule has 0 saturated heterocycles. The molecule has 0 bridgehead atoms. The summed E-state index contributed by atoms with van der Waals surface area (Å²) in [6.07, 6.45) is 0. The Hall–Kier alpha value is -3.09. The van der Waals surface area contributed by atoms with Crippen LogP contribution < -0.4 is 11.2 Å². The maximum absolute atomic E-state index is 13.5. The zero-order chi connectivity index (χ0) is 21.2. The van der Waals surface area contributed by atoms with Crippen LogP contribution in [0.3, 0.4) is 0 Å². The average Bonchev–Trinajstić information content (AvgIpc) is 3.15. The molecule has 0 unspecified atom stereocenters. The van der Waals surface area contributed by atoms with E-state index < -0.39 is 0 Å². The Morgan fingerprint density at radius 1 is 1.03 bits per heavy atom. The van der Waals surface area contributed by atoms with Crippen LogP contribution in [0.5, 0.6) is 0 Å². The highest BCUT2D eigenvalue weighted by Gasteiger charge is 2.23. The van der Waals surface area contributed by atoms with Crippen LogP contribution in [0, 0.1) is 27.7 Å². The molecule has 0 N–H and O–H groups in total. The highest BCUT2D eigenvalue weighted by molar-refractivity contribution is 5.76. The van der Waals surface area contributed by atoms with Crippen LogP contribution in [-0.2, 0) is 13.6 Å². The molecule has 0 amide bonds. The minimum Gasteiger partial charge on any atom is -0.311 e. The summed E-state index contributed by atoms with van der Waals surface area (Å²) in [5.41, 5.74) is 5.37. The third kappa shape index (κ3) is 2.68. The largest absolute Gasteiger partial charge is 0.332 e. The van der Waals surface area contributed by atoms with Crippen molar-refractivity contribution in [2.24, 2.45) is 7.05 Å². The van der Waals surface area contributed by atoms with Gasteiger partial charge in [-0.25, -0.2) is 4.79 Å². The number of aryl methyl sites for hydroxylation is 4. The molecule has 7 heteroatoms. The lowest BCUT2D eigenvalue weighted by molar-refractivity contribution is 0.600. The van der Waals surface area contributed by atoms with Gasteiger partial charge in [0.1, 0.15) is 0 Å². The normalized spacial score (nSPS) is 12.0. The second kappa shape index (κ2) is 6.47. The van der Waals surface area contributed by atoms with Gasteiger partial charge in [-0.2, -0.15) is 4.98 Å². The molecule has 0 saturated carbocycles. The number of rotatable bonds is 3. The van der Waals surface area contributed by atoms with E-state index in [9.17, 15) is 9.59 Å². The monoisotopic (exact) mass is 393 g/mol. The lowest BCUT2D eigenvalue weighted by Crippen LogP contribution is -2.39. The van der Waals surface area contributed by atoms with Gasteiger partial charge in [-0.05, 0) is 52.7 Å². The predicted octanol–water partition coefficient (Wildman–Crippen LogP) is 3.01. The summed E-state index contributed by atoms with van der Waals surface area (Å²) in [5, 5.41) is 0. The highest BCUT2D eigenvalue weighted by Crippen LogP contribution is 2.24. The second-order valence-corrected chi connectivity index (χ2v) is 8.22. The molecular formula is C22H27N5O2. The summed E-state index contributed by atoms with van der Waals surface area (Å²) in [5.74, 6) is 0.696. The molecule has 0 fully saturated rings. The van der Waals surface area contributed by atoms with Gasteiger partial charge in [0, 0.05) is 24.5 Å². The number of benzene rings is 1. The van der Waals surface area contributed by atoms with E-state index >= 15 is 0 Å². The zero-order valence-corrected chi connectivity index (χ0v) is 18.1. The molecule has 3 heterocycles. The van der Waals surface area contributed by atoms with Gasteiger partial charge in [-0.3, -0.25) is 18.3 Å². The topological polar surface area (TPSA) is 66.2 Å². The minimum absolute atomic E-state index is 0.192. The molecule has 7 nitrogen and oxygen atoms in total. The Morgan fingerprint density at radius 3 is 2.38 bits per heavy atom. The molecule has 4 rings (SSSR count). The first-order valence-electron chi connectivity index (χ1n) is 9.89. The molecule has 4 aromatic rings. The molecule has 0 aliphatic heterocycles. The van der Waals surface area contributed by atoms with Crippen molar-refractivity contribution >= 4 is 16.9 Å². The summed E-state index contributed by atoms with van der Waals surface area (Å²) >= 11 is 0. The lowest BCUT2D eigenvalue weighted by atomic mass is 10.1. The maximum Gasteiger partial charge on any atom is 0.332 e. The minimum atomic E-state index is -0.352. The number of fused-ring (bicyclic) bond motifs is 3. The molecule has 0 aliphatic carbocycles. The number of imidazole rings is 2. The van der Waals surface area contributed by atoms with Crippen molar-refractivity contribution in [3.8, 4) is 0 Å². The Balaban J connectivity index is 2.09. The molecular weight excluding hydrogens is 366 g/mol. The van der Waals surface area contributed by atoms with Gasteiger partial charge in [0.25, 0.3) is 5.56 Å². The van der Waals surface area contributed by atoms with Crippen LogP contribution in [-0.4, -0.2) is 23.1 Å². The van der Waals surface area contributed by atoms with Gasteiger partial charge >= 0.3 is 5.69 Å². The van der Waals surface area contributed by atoms with Crippen molar-refractivity contribution in [1.29, 1.82) is 0 Å². The first-order valence-corrected chi connectivity index (χ1v) is 9.89. The van der Waals surface area contributed by atoms with Crippen molar-refractivity contribution in [3.05, 3.63) is 67.1 Å². The van der Waals surface area contributed by atoms with Gasteiger partial charge in [0.15, 0.2) is 11.2 Å². The number of hydrogen-bond donors (Lipinski definition) is 0. The van der Waals surface area contributed by atoms with Crippen LogP contribution >= 0.6 is 0 Å². The summed E-state index contributed by atoms with van der Waals surface area (Å²) in [6, 6.07) is 6.27. The van der Waals surface area contributed by atoms with E-state index in [1.807, 2.05) is 50.3 Å². The average molecular weight is 393 g/mol. The Bertz CT molecular complexity index is 1400. The van der Waals surface area contributed by atoms with E-state index in [1.165, 1.54) is 9.13 Å². The van der Waals surface area contributed by atoms with Crippen LogP contribution in [0.2, 0.25) is 0 Å². The third-order valence-corrected chi connectivity index (χ3v) is 5.91. The molecule has 0 spiro atoms. The van der Waals surface area contributed by atoms with E-state index in [0.717, 1.165) is 28.1 Å². The van der Waals surface area contributed by atoms with Crippen LogP contribution in [0.1, 0.15) is 48.0 Å². The fourth-order valence-corrected chi connectivity index (χ4v) is 4.17. The molecule has 29 heavy (non-hydrogen) atoms. The number of aromatic nitrogens is 5. The van der Waals surface area contributed by atoms with Gasteiger partial charge in [0.2, 0.25) is 5.78 Å². The van der Waals surface area contributed by atoms with Crippen molar-refractivity contribution in [2.45, 2.75) is 54.1 Å². The van der Waals surface area contributed by atoms with E-state index in [2.05, 4.69) is 18.4 Å². The smallest absolute Gasteiger partial charge is 0.311 e. The van der Waals surface area contributed by atoms with Crippen LogP contribution in [0.4, 0.5) is 0 Å². The van der Waals surface area contributed by atoms with Gasteiger partial charge < -0.3 is 4.57 Å². The van der Waals surface area contributed by atoms with E-state index in [4.69, 9.17) is 4.98 Å². The fourth-order valence-electron chi connectivity index (χ4n) is 4.17. The first kappa shape index (κ1) is 19.2. The Morgan fingerprint density at radius 2 is 1.72 bits per heavy atom. The SMILES string of the molecule is Cc1ccc(C)c(Cn2c(=O)c3c(nc4n(C(C)C)c(C)c(C)n34)n(C)c2=O)c1. The fraction of sp³-hybridized carbons (Fsp3) is 0.409. The number of nitrogens with zero attached hydrogens (tertiary/aromatic N) is 5. The van der Waals surface area contributed by atoms with Gasteiger partial charge in [-0.1, -0.05) is 23.8 Å². The van der Waals surface area contributed by atoms with E-state index in [0.29, 0.717) is 16.9 Å². The standard InChI is InChI=1S/C22H27N5O2/c1-12(2)26-15(5)16(6)27-18-19(23-21(26)27)24(7)22(29)25(20(18)28)11-17-10-13(3)8-9-14(17)4/h8-10,12H,11H2,1-7H3. The van der Waals surface area contributed by atoms with Crippen molar-refractivity contribution < 1.29 is 0 Å². The quantitative estimate of drug-likeness (QED) is 0.537. The maximum atomic E-state index is 13.5. The molecule has 0 aliphatic rings. The van der Waals surface area contributed by atoms with Crippen LogP contribution in [0.15, 0.2) is 27.8 Å². The van der Waals surface area contributed by atoms with Crippen molar-refractivity contribution in [2.75, 3.05) is 0 Å². The Labute approximate surface area is 168 Å². The molecule has 0 atom stereocenters. The summed E-state index contributed by atoms with van der Waals surface area (Å²) in [7, 11) is 1.68. The molecule has 3 aromatic heterocycles. The molecule has 1 aromatic carbocycles. The van der Waals surface area contributed by atoms with Gasteiger partial charge in [0.05, 0.1) is 6.54 Å².